The van der Waals surface area contributed by atoms with Crippen molar-refractivity contribution >= 4 is 40.1 Å². The first kappa shape index (κ1) is 31.6. The highest BCUT2D eigenvalue weighted by Gasteiger charge is 2.52. The quantitative estimate of drug-likeness (QED) is 0.202. The zero-order chi connectivity index (χ0) is 33.0. The number of ether oxygens (including phenoxy) is 1. The summed E-state index contributed by atoms with van der Waals surface area (Å²) in [5, 5.41) is 13.5. The van der Waals surface area contributed by atoms with E-state index in [0.29, 0.717) is 45.4 Å². The van der Waals surface area contributed by atoms with Crippen molar-refractivity contribution < 1.29 is 27.1 Å². The van der Waals surface area contributed by atoms with Crippen LogP contribution >= 0.6 is 12.2 Å². The number of rotatable bonds is 7. The maximum Gasteiger partial charge on any atom is 0.420 e. The smallest absolute Gasteiger partial charge is 0.420 e. The number of aromatic amines is 1. The average Bonchev–Trinajstić information content (AvgIpc) is 3.37. The summed E-state index contributed by atoms with van der Waals surface area (Å²) in [5.74, 6) is -1.53. The number of carbonyl (C=O) groups excluding carboxylic acids is 1. The van der Waals surface area contributed by atoms with Gasteiger partial charge in [0, 0.05) is 12.1 Å². The lowest BCUT2D eigenvalue weighted by Gasteiger charge is -2.30. The number of imidazole rings is 1. The number of nitrogens with one attached hydrogen (secondary N) is 1. The second-order valence-corrected chi connectivity index (χ2v) is 11.2. The topological polar surface area (TPSA) is 120 Å². The third kappa shape index (κ3) is 5.08. The van der Waals surface area contributed by atoms with Gasteiger partial charge in [-0.2, -0.15) is 18.4 Å². The van der Waals surface area contributed by atoms with E-state index in [0.717, 1.165) is 18.6 Å². The number of thiocarbonyl (C=S) groups is 1. The first-order chi connectivity index (χ1) is 21.2. The Labute approximate surface area is 259 Å². The Morgan fingerprint density at radius 3 is 2.49 bits per heavy atom. The number of alkyl halides is 3. The van der Waals surface area contributed by atoms with Gasteiger partial charge in [-0.1, -0.05) is 6.92 Å². The number of hydrogen-bond acceptors (Lipinski definition) is 7. The zero-order valence-electron chi connectivity index (χ0n) is 24.8. The molecule has 0 unspecified atom stereocenters. The zero-order valence-corrected chi connectivity index (χ0v) is 25.7. The Morgan fingerprint density at radius 1 is 1.16 bits per heavy atom. The summed E-state index contributed by atoms with van der Waals surface area (Å²) in [7, 11) is 0. The van der Waals surface area contributed by atoms with E-state index in [1.807, 2.05) is 6.92 Å². The molecule has 5 rings (SSSR count). The minimum atomic E-state index is -5.20. The van der Waals surface area contributed by atoms with Gasteiger partial charge in [0.05, 0.1) is 35.2 Å². The second kappa shape index (κ2) is 11.3. The fourth-order valence-corrected chi connectivity index (χ4v) is 5.93. The normalized spacial score (nSPS) is 14.8. The summed E-state index contributed by atoms with van der Waals surface area (Å²) in [6.07, 6.45) is -3.87. The molecule has 2 aromatic carbocycles. The lowest BCUT2D eigenvalue weighted by Crippen LogP contribution is -2.44. The van der Waals surface area contributed by atoms with E-state index < -0.39 is 45.8 Å². The second-order valence-electron chi connectivity index (χ2n) is 10.8. The lowest BCUT2D eigenvalue weighted by molar-refractivity contribution is -0.140. The number of amides is 1. The van der Waals surface area contributed by atoms with Gasteiger partial charge in [0.25, 0.3) is 11.5 Å². The van der Waals surface area contributed by atoms with Crippen LogP contribution in [0.4, 0.5) is 28.9 Å². The molecule has 1 saturated heterocycles. The van der Waals surface area contributed by atoms with Crippen LogP contribution < -0.4 is 20.1 Å². The van der Waals surface area contributed by atoms with E-state index in [1.165, 1.54) is 29.3 Å². The molecule has 15 heteroatoms. The molecule has 1 aliphatic rings. The number of aromatic nitrogens is 4. The van der Waals surface area contributed by atoms with Crippen LogP contribution in [0, 0.1) is 24.1 Å². The number of carbonyl (C=O) groups is 1. The summed E-state index contributed by atoms with van der Waals surface area (Å²) in [4.78, 5) is 36.2. The maximum absolute atomic E-state index is 15.5. The minimum absolute atomic E-state index is 0.131. The molecule has 10 nitrogen and oxygen atoms in total. The first-order valence-corrected chi connectivity index (χ1v) is 14.3. The van der Waals surface area contributed by atoms with Crippen LogP contribution in [-0.2, 0) is 17.4 Å². The number of hydrogen-bond donors (Lipinski definition) is 1. The van der Waals surface area contributed by atoms with Crippen LogP contribution in [0.5, 0.6) is 5.75 Å². The molecule has 3 heterocycles. The molecule has 2 aromatic heterocycles. The predicted molar refractivity (Wildman–Crippen MR) is 162 cm³/mol. The van der Waals surface area contributed by atoms with Crippen molar-refractivity contribution in [2.45, 2.75) is 59.2 Å². The Morgan fingerprint density at radius 2 is 1.87 bits per heavy atom. The summed E-state index contributed by atoms with van der Waals surface area (Å²) in [6, 6.07) is 7.79. The molecule has 1 fully saturated rings. The summed E-state index contributed by atoms with van der Waals surface area (Å²) < 4.78 is 64.1. The molecule has 0 saturated carbocycles. The van der Waals surface area contributed by atoms with Gasteiger partial charge in [0.15, 0.2) is 22.3 Å². The van der Waals surface area contributed by atoms with Crippen LogP contribution in [0.1, 0.15) is 56.8 Å². The van der Waals surface area contributed by atoms with Gasteiger partial charge in [-0.15, -0.1) is 5.10 Å². The van der Waals surface area contributed by atoms with E-state index in [-0.39, 0.29) is 17.5 Å². The molecule has 0 bridgehead atoms. The summed E-state index contributed by atoms with van der Waals surface area (Å²) in [6.45, 7) is 8.70. The van der Waals surface area contributed by atoms with Gasteiger partial charge in [0.2, 0.25) is 0 Å². The van der Waals surface area contributed by atoms with E-state index in [9.17, 15) is 22.8 Å². The van der Waals surface area contributed by atoms with Gasteiger partial charge >= 0.3 is 6.18 Å². The number of fused-ring (bicyclic) bond motifs is 1. The number of aryl methyl sites for hydroxylation is 2. The Balaban J connectivity index is 1.67. The van der Waals surface area contributed by atoms with Crippen molar-refractivity contribution in [1.29, 1.82) is 5.26 Å². The molecule has 234 valence electrons. The SMILES string of the molecule is CCCc1nc(C)c2c(=O)[nH]c(-c3cc(N4C(=S)N(c5ccc(C#N)c(C(F)(F)F)c5F)C(=O)C4(C)C)ccc3OCC)nn12. The molecular formula is C30H27F4N7O3S. The Kier molecular flexibility index (Phi) is 7.90. The van der Waals surface area contributed by atoms with Gasteiger partial charge in [-0.25, -0.2) is 13.9 Å². The first-order valence-electron chi connectivity index (χ1n) is 13.9. The van der Waals surface area contributed by atoms with Gasteiger partial charge in [-0.3, -0.25) is 14.5 Å². The van der Waals surface area contributed by atoms with E-state index >= 15 is 4.39 Å². The highest BCUT2D eigenvalue weighted by atomic mass is 32.1. The largest absolute Gasteiger partial charge is 0.493 e. The molecule has 0 spiro atoms. The summed E-state index contributed by atoms with van der Waals surface area (Å²) in [5.41, 5.74) is -3.96. The van der Waals surface area contributed by atoms with E-state index in [1.54, 1.807) is 32.0 Å². The fourth-order valence-electron chi connectivity index (χ4n) is 5.42. The van der Waals surface area contributed by atoms with Crippen LogP contribution in [0.15, 0.2) is 35.1 Å². The number of anilines is 2. The Hall–Kier alpha value is -4.84. The number of benzene rings is 2. The molecule has 45 heavy (non-hydrogen) atoms. The molecule has 0 aliphatic carbocycles. The van der Waals surface area contributed by atoms with Crippen LogP contribution in [-0.4, -0.2) is 42.7 Å². The van der Waals surface area contributed by atoms with Gasteiger partial charge in [-0.05, 0) is 76.7 Å². The van der Waals surface area contributed by atoms with E-state index in [2.05, 4.69) is 15.1 Å². The third-order valence-corrected chi connectivity index (χ3v) is 7.79. The van der Waals surface area contributed by atoms with Crippen molar-refractivity contribution in [2.75, 3.05) is 16.4 Å². The van der Waals surface area contributed by atoms with Crippen molar-refractivity contribution in [2.24, 2.45) is 0 Å². The van der Waals surface area contributed by atoms with Crippen LogP contribution in [0.2, 0.25) is 0 Å². The highest BCUT2D eigenvalue weighted by molar-refractivity contribution is 7.81. The monoisotopic (exact) mass is 641 g/mol. The molecule has 0 atom stereocenters. The minimum Gasteiger partial charge on any atom is -0.493 e. The van der Waals surface area contributed by atoms with Crippen molar-refractivity contribution in [3.05, 3.63) is 69.1 Å². The molecule has 4 aromatic rings. The lowest BCUT2D eigenvalue weighted by atomic mass is 10.0. The van der Waals surface area contributed by atoms with Crippen molar-refractivity contribution in [3.63, 3.8) is 0 Å². The van der Waals surface area contributed by atoms with E-state index in [4.69, 9.17) is 22.2 Å². The van der Waals surface area contributed by atoms with Crippen molar-refractivity contribution in [3.8, 4) is 23.2 Å². The number of nitriles is 1. The molecule has 1 amide bonds. The third-order valence-electron chi connectivity index (χ3n) is 7.43. The molecule has 1 N–H and O–H groups in total. The van der Waals surface area contributed by atoms with Crippen molar-refractivity contribution in [1.82, 2.24) is 19.6 Å². The average molecular weight is 642 g/mol. The van der Waals surface area contributed by atoms with Crippen LogP contribution in [0.25, 0.3) is 16.9 Å². The number of H-pyrrole nitrogens is 1. The predicted octanol–water partition coefficient (Wildman–Crippen LogP) is 5.69. The standard InChI is InChI=1S/C30H27F4N7O3S/c1-6-8-21-36-15(3)24-26(42)37-25(38-41(21)24)18-13-17(10-12-20(18)44-7-2)40-28(45)39(27(43)29(40,4)5)19-11-9-16(14-35)22(23(19)31)30(32,33)34/h9-13H,6-8H2,1-5H3,(H,37,38,42). The van der Waals surface area contributed by atoms with Gasteiger partial charge in [0.1, 0.15) is 22.7 Å². The Bertz CT molecular complexity index is 1980. The number of nitrogens with zero attached hydrogens (tertiary/aromatic N) is 6. The molecule has 1 aliphatic heterocycles. The molecular weight excluding hydrogens is 614 g/mol. The fraction of sp³-hybridized carbons (Fsp3) is 0.333. The number of halogens is 4. The summed E-state index contributed by atoms with van der Waals surface area (Å²) >= 11 is 5.59. The van der Waals surface area contributed by atoms with Gasteiger partial charge < -0.3 is 14.6 Å². The highest BCUT2D eigenvalue weighted by Crippen LogP contribution is 2.43. The molecule has 0 radical (unpaired) electrons. The maximum atomic E-state index is 15.5. The van der Waals surface area contributed by atoms with Crippen LogP contribution in [0.3, 0.4) is 0 Å².